The molecule has 2 nitrogen and oxygen atoms in total. The van der Waals surface area contributed by atoms with Gasteiger partial charge in [-0.05, 0) is 43.1 Å². The maximum Gasteiger partial charge on any atom is 0.123 e. The predicted octanol–water partition coefficient (Wildman–Crippen LogP) is 3.60. The molecule has 0 aliphatic rings. The first kappa shape index (κ1) is 15.1. The van der Waals surface area contributed by atoms with Crippen LogP contribution in [0.4, 0.5) is 4.39 Å². The third-order valence-electron chi connectivity index (χ3n) is 3.25. The van der Waals surface area contributed by atoms with Crippen LogP contribution >= 0.6 is 0 Å². The predicted molar refractivity (Wildman–Crippen MR) is 73.3 cm³/mol. The topological polar surface area (TPSA) is 21.3 Å². The number of nitrogens with one attached hydrogen (secondary N) is 1. The molecule has 1 N–H and O–H groups in total. The van der Waals surface area contributed by atoms with E-state index in [1.54, 1.807) is 13.2 Å². The maximum absolute atomic E-state index is 13.4. The number of rotatable bonds is 7. The Bertz CT molecular complexity index is 368. The first-order valence-corrected chi connectivity index (χ1v) is 6.66. The molecule has 0 spiro atoms. The van der Waals surface area contributed by atoms with Crippen LogP contribution < -0.4 is 5.32 Å². The molecule has 1 rings (SSSR count). The van der Waals surface area contributed by atoms with Crippen molar-refractivity contribution < 1.29 is 9.13 Å². The molecule has 0 aromatic heterocycles. The molecular weight excluding hydrogens is 229 g/mol. The van der Waals surface area contributed by atoms with Gasteiger partial charge < -0.3 is 10.1 Å². The fourth-order valence-corrected chi connectivity index (χ4v) is 2.31. The molecule has 0 aliphatic heterocycles. The third-order valence-corrected chi connectivity index (χ3v) is 3.25. The van der Waals surface area contributed by atoms with E-state index in [0.29, 0.717) is 0 Å². The largest absolute Gasteiger partial charge is 0.379 e. The molecule has 0 bridgehead atoms. The number of halogens is 1. The lowest BCUT2D eigenvalue weighted by Gasteiger charge is -2.28. The minimum Gasteiger partial charge on any atom is -0.379 e. The van der Waals surface area contributed by atoms with E-state index < -0.39 is 0 Å². The van der Waals surface area contributed by atoms with Crippen LogP contribution in [0.25, 0.3) is 0 Å². The van der Waals surface area contributed by atoms with Crippen LogP contribution in [0.5, 0.6) is 0 Å². The molecule has 0 saturated carbocycles. The lowest BCUT2D eigenvalue weighted by molar-refractivity contribution is 0.0608. The second-order valence-corrected chi connectivity index (χ2v) is 4.60. The summed E-state index contributed by atoms with van der Waals surface area (Å²) in [5.41, 5.74) is 2.10. The number of ether oxygens (including phenoxy) is 1. The number of hydrogen-bond acceptors (Lipinski definition) is 2. The van der Waals surface area contributed by atoms with E-state index in [1.165, 1.54) is 6.07 Å². The Kier molecular flexibility index (Phi) is 6.30. The monoisotopic (exact) mass is 253 g/mol. The van der Waals surface area contributed by atoms with Crippen LogP contribution in [0.2, 0.25) is 0 Å². The maximum atomic E-state index is 13.4. The molecule has 1 aromatic carbocycles. The van der Waals surface area contributed by atoms with Gasteiger partial charge in [0.25, 0.3) is 0 Å². The fraction of sp³-hybridized carbons (Fsp3) is 0.600. The summed E-state index contributed by atoms with van der Waals surface area (Å²) in [7, 11) is 1.72. The van der Waals surface area contributed by atoms with Gasteiger partial charge in [-0.3, -0.25) is 0 Å². The van der Waals surface area contributed by atoms with Crippen molar-refractivity contribution in [2.24, 2.45) is 0 Å². The summed E-state index contributed by atoms with van der Waals surface area (Å²) in [5, 5.41) is 3.41. The third kappa shape index (κ3) is 3.79. The van der Waals surface area contributed by atoms with Crippen molar-refractivity contribution in [3.63, 3.8) is 0 Å². The lowest BCUT2D eigenvalue weighted by Crippen LogP contribution is -2.33. The summed E-state index contributed by atoms with van der Waals surface area (Å²) >= 11 is 0. The SMILES string of the molecule is CCCC(OC)C(NCC)c1cc(F)ccc1C. The van der Waals surface area contributed by atoms with Gasteiger partial charge in [-0.1, -0.05) is 26.3 Å². The van der Waals surface area contributed by atoms with Crippen molar-refractivity contribution in [3.8, 4) is 0 Å². The minimum atomic E-state index is -0.190. The van der Waals surface area contributed by atoms with Gasteiger partial charge in [-0.25, -0.2) is 4.39 Å². The highest BCUT2D eigenvalue weighted by atomic mass is 19.1. The Morgan fingerprint density at radius 2 is 2.06 bits per heavy atom. The van der Waals surface area contributed by atoms with Crippen LogP contribution in [-0.2, 0) is 4.74 Å². The van der Waals surface area contributed by atoms with Crippen LogP contribution in [0.3, 0.4) is 0 Å². The van der Waals surface area contributed by atoms with E-state index in [2.05, 4.69) is 19.2 Å². The number of likely N-dealkylation sites (N-methyl/N-ethyl adjacent to an activating group) is 1. The number of hydrogen-bond donors (Lipinski definition) is 1. The Labute approximate surface area is 110 Å². The van der Waals surface area contributed by atoms with Crippen molar-refractivity contribution in [1.29, 1.82) is 0 Å². The summed E-state index contributed by atoms with van der Waals surface area (Å²) < 4.78 is 19.0. The van der Waals surface area contributed by atoms with E-state index in [-0.39, 0.29) is 18.0 Å². The summed E-state index contributed by atoms with van der Waals surface area (Å²) in [6, 6.07) is 5.00. The van der Waals surface area contributed by atoms with Gasteiger partial charge in [-0.15, -0.1) is 0 Å². The zero-order chi connectivity index (χ0) is 13.5. The average Bonchev–Trinajstić information content (AvgIpc) is 2.37. The first-order chi connectivity index (χ1) is 8.63. The summed E-state index contributed by atoms with van der Waals surface area (Å²) in [4.78, 5) is 0. The molecule has 0 heterocycles. The molecule has 0 saturated heterocycles. The molecule has 0 aliphatic carbocycles. The van der Waals surface area contributed by atoms with Crippen LogP contribution in [0.15, 0.2) is 18.2 Å². The van der Waals surface area contributed by atoms with Crippen molar-refractivity contribution in [3.05, 3.63) is 35.1 Å². The first-order valence-electron chi connectivity index (χ1n) is 6.66. The molecule has 18 heavy (non-hydrogen) atoms. The Morgan fingerprint density at radius 3 is 2.61 bits per heavy atom. The highest BCUT2D eigenvalue weighted by molar-refractivity contribution is 5.30. The highest BCUT2D eigenvalue weighted by Crippen LogP contribution is 2.25. The standard InChI is InChI=1S/C15H24FNO/c1-5-7-14(18-4)15(17-6-2)13-10-12(16)9-8-11(13)3/h8-10,14-15,17H,5-7H2,1-4H3. The summed E-state index contributed by atoms with van der Waals surface area (Å²) in [6.07, 6.45) is 2.09. The van der Waals surface area contributed by atoms with Gasteiger partial charge in [0.2, 0.25) is 0 Å². The molecule has 2 atom stereocenters. The lowest BCUT2D eigenvalue weighted by atomic mass is 9.94. The smallest absolute Gasteiger partial charge is 0.123 e. The van der Waals surface area contributed by atoms with E-state index >= 15 is 0 Å². The van der Waals surface area contributed by atoms with Crippen molar-refractivity contribution >= 4 is 0 Å². The minimum absolute atomic E-state index is 0.0515. The Hall–Kier alpha value is -0.930. The molecule has 102 valence electrons. The Morgan fingerprint density at radius 1 is 1.33 bits per heavy atom. The normalized spacial score (nSPS) is 14.5. The second kappa shape index (κ2) is 7.49. The van der Waals surface area contributed by atoms with E-state index in [9.17, 15) is 4.39 Å². The highest BCUT2D eigenvalue weighted by Gasteiger charge is 2.23. The van der Waals surface area contributed by atoms with E-state index in [0.717, 1.165) is 30.5 Å². The molecule has 0 fully saturated rings. The van der Waals surface area contributed by atoms with E-state index in [1.807, 2.05) is 13.0 Å². The van der Waals surface area contributed by atoms with Crippen LogP contribution in [0.1, 0.15) is 43.9 Å². The van der Waals surface area contributed by atoms with Gasteiger partial charge in [0.15, 0.2) is 0 Å². The van der Waals surface area contributed by atoms with Crippen molar-refractivity contribution in [1.82, 2.24) is 5.32 Å². The number of methoxy groups -OCH3 is 1. The van der Waals surface area contributed by atoms with Crippen molar-refractivity contribution in [2.45, 2.75) is 45.8 Å². The van der Waals surface area contributed by atoms with Gasteiger partial charge in [0.05, 0.1) is 12.1 Å². The zero-order valence-electron chi connectivity index (χ0n) is 11.8. The molecule has 0 amide bonds. The molecule has 3 heteroatoms. The van der Waals surface area contributed by atoms with Crippen molar-refractivity contribution in [2.75, 3.05) is 13.7 Å². The number of aryl methyl sites for hydroxylation is 1. The molecule has 1 aromatic rings. The van der Waals surface area contributed by atoms with Gasteiger partial charge in [0.1, 0.15) is 5.82 Å². The molecular formula is C15H24FNO. The quantitative estimate of drug-likeness (QED) is 0.801. The van der Waals surface area contributed by atoms with Gasteiger partial charge in [0, 0.05) is 7.11 Å². The fourth-order valence-electron chi connectivity index (χ4n) is 2.31. The summed E-state index contributed by atoms with van der Waals surface area (Å²) in [6.45, 7) is 7.04. The zero-order valence-corrected chi connectivity index (χ0v) is 11.8. The Balaban J connectivity index is 3.05. The van der Waals surface area contributed by atoms with Crippen LogP contribution in [0, 0.1) is 12.7 Å². The van der Waals surface area contributed by atoms with Gasteiger partial charge in [-0.2, -0.15) is 0 Å². The molecule has 0 radical (unpaired) electrons. The average molecular weight is 253 g/mol. The van der Waals surface area contributed by atoms with Gasteiger partial charge >= 0.3 is 0 Å². The van der Waals surface area contributed by atoms with Crippen LogP contribution in [-0.4, -0.2) is 19.8 Å². The van der Waals surface area contributed by atoms with E-state index in [4.69, 9.17) is 4.74 Å². The number of benzene rings is 1. The molecule has 2 unspecified atom stereocenters. The summed E-state index contributed by atoms with van der Waals surface area (Å²) in [5.74, 6) is -0.190. The second-order valence-electron chi connectivity index (χ2n) is 4.60.